The number of nitrogens with zero attached hydrogens (tertiary/aromatic N) is 1. The van der Waals surface area contributed by atoms with Gasteiger partial charge in [-0.3, -0.25) is 4.79 Å². The molecule has 6 heteroatoms. The summed E-state index contributed by atoms with van der Waals surface area (Å²) >= 11 is 0. The fourth-order valence-electron chi connectivity index (χ4n) is 2.00. The summed E-state index contributed by atoms with van der Waals surface area (Å²) in [5.74, 6) is 0.247. The molecule has 1 radical (unpaired) electrons. The molecule has 1 aromatic carbocycles. The maximum atomic E-state index is 12.0. The molecule has 0 fully saturated rings. The number of anilines is 2. The van der Waals surface area contributed by atoms with Crippen molar-refractivity contribution in [2.75, 3.05) is 10.6 Å². The molecule has 1 aliphatic rings. The van der Waals surface area contributed by atoms with Crippen molar-refractivity contribution < 1.29 is 9.90 Å². The predicted molar refractivity (Wildman–Crippen MR) is 71.0 cm³/mol. The number of carbonyl (C=O) groups is 1. The van der Waals surface area contributed by atoms with E-state index in [1.807, 2.05) is 6.07 Å². The molecule has 2 heterocycles. The van der Waals surface area contributed by atoms with Gasteiger partial charge in [-0.15, -0.1) is 12.1 Å². The van der Waals surface area contributed by atoms with Gasteiger partial charge in [0.25, 0.3) is 0 Å². The van der Waals surface area contributed by atoms with Gasteiger partial charge in [-0.05, 0) is 18.2 Å². The molecule has 1 aliphatic heterocycles. The first-order chi connectivity index (χ1) is 9.25. The topological polar surface area (TPSA) is 74.2 Å². The molecule has 2 aromatic rings. The van der Waals surface area contributed by atoms with Crippen molar-refractivity contribution in [3.05, 3.63) is 60.3 Å². The second kappa shape index (κ2) is 4.99. The standard InChI is InChI=1S/C14H12N3O2.Lr/c18-12(9-5-2-1-3-6-9)11-14(19)16-10-7-4-8-15-13(10)17-11;/h1-8,11,18H,(H,15,17)(H,16,19);/q-1;/t11-;/m1./s1. The third-order valence-electron chi connectivity index (χ3n) is 2.95. The Bertz CT molecular complexity index is 606. The van der Waals surface area contributed by atoms with Crippen molar-refractivity contribution in [2.24, 2.45) is 0 Å². The van der Waals surface area contributed by atoms with Crippen LogP contribution in [-0.4, -0.2) is 22.0 Å². The van der Waals surface area contributed by atoms with Crippen LogP contribution in [0.15, 0.2) is 48.7 Å². The molecular weight excluding hydrogens is 504 g/mol. The summed E-state index contributed by atoms with van der Waals surface area (Å²) in [4.78, 5) is 16.1. The molecule has 3 rings (SSSR count). The van der Waals surface area contributed by atoms with Crippen LogP contribution in [0.25, 0.3) is 0 Å². The maximum absolute atomic E-state index is 12.0. The van der Waals surface area contributed by atoms with E-state index in [2.05, 4.69) is 15.6 Å². The predicted octanol–water partition coefficient (Wildman–Crippen LogP) is 1.77. The van der Waals surface area contributed by atoms with Gasteiger partial charge in [0.15, 0.2) is 0 Å². The van der Waals surface area contributed by atoms with E-state index >= 15 is 0 Å². The number of nitrogens with one attached hydrogen (secondary N) is 2. The number of fused-ring (bicyclic) bond motifs is 1. The summed E-state index contributed by atoms with van der Waals surface area (Å²) in [6.07, 6.45) is 1.61. The van der Waals surface area contributed by atoms with Crippen molar-refractivity contribution in [2.45, 2.75) is 6.04 Å². The Hall–Kier alpha value is -3.53. The number of amides is 1. The van der Waals surface area contributed by atoms with Crippen molar-refractivity contribution in [1.29, 1.82) is 0 Å². The van der Waals surface area contributed by atoms with E-state index in [0.717, 1.165) is 0 Å². The first-order valence-electron chi connectivity index (χ1n) is 5.89. The molecule has 0 saturated heterocycles. The number of aliphatic hydroxyl groups is 1. The van der Waals surface area contributed by atoms with Crippen LogP contribution in [0, 0.1) is 6.10 Å². The number of aliphatic hydroxyl groups excluding tert-OH is 1. The van der Waals surface area contributed by atoms with Gasteiger partial charge < -0.3 is 15.7 Å². The molecular formula is C14H12LrN3O2-. The second-order valence-electron chi connectivity index (χ2n) is 4.22. The molecule has 1 aromatic heterocycles. The van der Waals surface area contributed by atoms with Crippen molar-refractivity contribution in [3.63, 3.8) is 0 Å². The fourth-order valence-corrected chi connectivity index (χ4v) is 2.00. The summed E-state index contributed by atoms with van der Waals surface area (Å²) in [6, 6.07) is 11.6. The molecule has 0 aliphatic carbocycles. The van der Waals surface area contributed by atoms with Gasteiger partial charge >= 0.3 is 0 Å². The average Bonchev–Trinajstić information content (AvgIpc) is 2.47. The number of benzene rings is 1. The van der Waals surface area contributed by atoms with Crippen LogP contribution in [0.4, 0.5) is 11.5 Å². The van der Waals surface area contributed by atoms with Gasteiger partial charge in [0, 0.05) is 6.20 Å². The molecule has 1 amide bonds. The Morgan fingerprint density at radius 1 is 1.15 bits per heavy atom. The van der Waals surface area contributed by atoms with Gasteiger partial charge in [0.05, 0.1) is 5.69 Å². The number of hydrogen-bond acceptors (Lipinski definition) is 4. The summed E-state index contributed by atoms with van der Waals surface area (Å²) in [5.41, 5.74) is 1.22. The summed E-state index contributed by atoms with van der Waals surface area (Å²) < 4.78 is 0. The van der Waals surface area contributed by atoms with Gasteiger partial charge in [-0.2, -0.15) is 17.7 Å². The van der Waals surface area contributed by atoms with Crippen LogP contribution in [0.3, 0.4) is 0 Å². The second-order valence-corrected chi connectivity index (χ2v) is 4.22. The minimum absolute atomic E-state index is 0. The third-order valence-corrected chi connectivity index (χ3v) is 2.95. The number of pyridine rings is 1. The van der Waals surface area contributed by atoms with Gasteiger partial charge in [0.1, 0.15) is 11.9 Å². The first kappa shape index (κ1) is 12.9. The minimum atomic E-state index is -0.829. The molecule has 1 atom stereocenters. The molecule has 5 nitrogen and oxygen atoms in total. The number of rotatable bonds is 2. The normalized spacial score (nSPS) is 16.2. The number of carbonyl (C=O) groups excluding carboxylic acids is 1. The summed E-state index contributed by atoms with van der Waals surface area (Å²) in [7, 11) is 0. The van der Waals surface area contributed by atoms with Crippen LogP contribution >= 0.6 is 0 Å². The number of aromatic nitrogens is 1. The summed E-state index contributed by atoms with van der Waals surface area (Å²) in [5, 5.41) is 15.9. The van der Waals surface area contributed by atoms with Crippen molar-refractivity contribution in [3.8, 4) is 0 Å². The third kappa shape index (κ3) is 2.09. The van der Waals surface area contributed by atoms with Crippen LogP contribution < -0.4 is 10.6 Å². The molecule has 0 spiro atoms. The minimum Gasteiger partial charge on any atom is -0.423 e. The SMILES string of the molecule is O=C1Nc2cccnc2N[C@@H]1[C-](O)c1ccccc1.[Lr]. The molecule has 0 unspecified atom stereocenters. The van der Waals surface area contributed by atoms with E-state index in [-0.39, 0.29) is 12.0 Å². The van der Waals surface area contributed by atoms with Crippen molar-refractivity contribution in [1.82, 2.24) is 4.98 Å². The van der Waals surface area contributed by atoms with Crippen LogP contribution in [0.2, 0.25) is 0 Å². The Balaban J connectivity index is 0.00000147. The van der Waals surface area contributed by atoms with E-state index in [0.29, 0.717) is 17.1 Å². The van der Waals surface area contributed by atoms with Crippen molar-refractivity contribution >= 4 is 17.4 Å². The molecule has 0 bridgehead atoms. The zero-order valence-corrected chi connectivity index (χ0v) is 12.4. The van der Waals surface area contributed by atoms with Crippen LogP contribution in [-0.2, 0) is 4.79 Å². The van der Waals surface area contributed by atoms with E-state index in [1.165, 1.54) is 0 Å². The smallest absolute Gasteiger partial charge is 0.241 e. The Kier molecular flexibility index (Phi) is 3.22. The van der Waals surface area contributed by atoms with E-state index in [4.69, 9.17) is 0 Å². The fraction of sp³-hybridized carbons (Fsp3) is 0.0714. The molecule has 20 heavy (non-hydrogen) atoms. The van der Waals surface area contributed by atoms with E-state index in [1.54, 1.807) is 42.6 Å². The average molecular weight is 516 g/mol. The molecule has 111 valence electrons. The Labute approximate surface area is 110 Å². The molecule has 0 saturated carbocycles. The van der Waals surface area contributed by atoms with Crippen LogP contribution in [0.1, 0.15) is 5.56 Å². The maximum Gasteiger partial charge on any atom is 0.241 e. The van der Waals surface area contributed by atoms with Crippen LogP contribution in [0.5, 0.6) is 0 Å². The quantitative estimate of drug-likeness (QED) is 0.533. The number of hydrogen-bond donors (Lipinski definition) is 3. The monoisotopic (exact) mass is 516 g/mol. The van der Waals surface area contributed by atoms with E-state index in [9.17, 15) is 9.90 Å². The zero-order valence-electron chi connectivity index (χ0n) is 10.3. The Morgan fingerprint density at radius 2 is 1.90 bits per heavy atom. The summed E-state index contributed by atoms with van der Waals surface area (Å²) in [6.45, 7) is 0. The molecule has 3 N–H and O–H groups in total. The largest absolute Gasteiger partial charge is 0.423 e. The van der Waals surface area contributed by atoms with Gasteiger partial charge in [0.2, 0.25) is 5.91 Å². The van der Waals surface area contributed by atoms with E-state index < -0.39 is 6.04 Å². The zero-order chi connectivity index (χ0) is 13.2. The first-order valence-corrected chi connectivity index (χ1v) is 5.89. The Morgan fingerprint density at radius 3 is 2.65 bits per heavy atom. The van der Waals surface area contributed by atoms with Gasteiger partial charge in [-0.25, -0.2) is 4.98 Å². The van der Waals surface area contributed by atoms with Gasteiger partial charge in [-0.1, -0.05) is 6.07 Å².